The molecule has 0 bridgehead atoms. The van der Waals surface area contributed by atoms with E-state index < -0.39 is 0 Å². The van der Waals surface area contributed by atoms with E-state index in [9.17, 15) is 9.59 Å². The standard InChI is InChI=1S/C26H30N4O3/c1-2-22(24-27-17-23(28-24)20-11-7-4-8-12-20)29-25(31)21-13-15-30(16-14-21)26(32)33-18-19-9-5-3-6-10-19/h3-12,17,21-22H,2,13-16,18H2,1H3,(H,27,28)(H,29,31). The molecule has 0 spiro atoms. The minimum atomic E-state index is -0.326. The van der Waals surface area contributed by atoms with Crippen molar-refractivity contribution >= 4 is 12.0 Å². The number of carbonyl (C=O) groups excluding carboxylic acids is 2. The topological polar surface area (TPSA) is 87.3 Å². The van der Waals surface area contributed by atoms with Crippen molar-refractivity contribution in [3.8, 4) is 11.3 Å². The van der Waals surface area contributed by atoms with E-state index in [-0.39, 0.29) is 30.6 Å². The van der Waals surface area contributed by atoms with Crippen LogP contribution in [0.15, 0.2) is 66.9 Å². The molecule has 3 aromatic rings. The van der Waals surface area contributed by atoms with Gasteiger partial charge in [0.25, 0.3) is 0 Å². The number of benzene rings is 2. The molecule has 1 unspecified atom stereocenters. The number of rotatable bonds is 7. The van der Waals surface area contributed by atoms with Crippen LogP contribution in [0.5, 0.6) is 0 Å². The van der Waals surface area contributed by atoms with Crippen molar-refractivity contribution in [2.45, 2.75) is 38.8 Å². The minimum Gasteiger partial charge on any atom is -0.445 e. The summed E-state index contributed by atoms with van der Waals surface area (Å²) in [5, 5.41) is 3.14. The predicted molar refractivity (Wildman–Crippen MR) is 126 cm³/mol. The Kier molecular flexibility index (Phi) is 7.40. The maximum absolute atomic E-state index is 12.9. The number of nitrogens with one attached hydrogen (secondary N) is 2. The first-order chi connectivity index (χ1) is 16.1. The molecule has 4 rings (SSSR count). The number of aromatic nitrogens is 2. The summed E-state index contributed by atoms with van der Waals surface area (Å²) in [4.78, 5) is 34.8. The van der Waals surface area contributed by atoms with E-state index in [1.807, 2.05) is 67.6 Å². The Balaban J connectivity index is 1.27. The van der Waals surface area contributed by atoms with Crippen LogP contribution in [0.1, 0.15) is 43.6 Å². The molecule has 7 heteroatoms. The van der Waals surface area contributed by atoms with Crippen LogP contribution in [0.2, 0.25) is 0 Å². The van der Waals surface area contributed by atoms with Gasteiger partial charge in [0.2, 0.25) is 5.91 Å². The number of ether oxygens (including phenoxy) is 1. The van der Waals surface area contributed by atoms with Crippen molar-refractivity contribution in [1.82, 2.24) is 20.2 Å². The Morgan fingerprint density at radius 3 is 2.42 bits per heavy atom. The van der Waals surface area contributed by atoms with E-state index in [1.165, 1.54) is 0 Å². The Bertz CT molecular complexity index is 1040. The molecule has 1 atom stereocenters. The molecule has 2 N–H and O–H groups in total. The average Bonchev–Trinajstić information content (AvgIpc) is 3.37. The second-order valence-corrected chi connectivity index (χ2v) is 8.32. The second kappa shape index (κ2) is 10.8. The van der Waals surface area contributed by atoms with Crippen LogP contribution in [-0.4, -0.2) is 40.0 Å². The number of amides is 2. The van der Waals surface area contributed by atoms with Gasteiger partial charge in [-0.25, -0.2) is 9.78 Å². The molecule has 33 heavy (non-hydrogen) atoms. The van der Waals surface area contributed by atoms with Crippen LogP contribution >= 0.6 is 0 Å². The lowest BCUT2D eigenvalue weighted by Crippen LogP contribution is -2.44. The quantitative estimate of drug-likeness (QED) is 0.551. The van der Waals surface area contributed by atoms with E-state index in [2.05, 4.69) is 15.3 Å². The lowest BCUT2D eigenvalue weighted by molar-refractivity contribution is -0.127. The van der Waals surface area contributed by atoms with Crippen molar-refractivity contribution in [3.05, 3.63) is 78.2 Å². The Labute approximate surface area is 194 Å². The summed E-state index contributed by atoms with van der Waals surface area (Å²) in [6.45, 7) is 3.32. The van der Waals surface area contributed by atoms with Crippen molar-refractivity contribution in [2.75, 3.05) is 13.1 Å². The maximum atomic E-state index is 12.9. The van der Waals surface area contributed by atoms with Gasteiger partial charge in [-0.1, -0.05) is 67.6 Å². The molecule has 2 amide bonds. The molecule has 172 valence electrons. The Morgan fingerprint density at radius 1 is 1.09 bits per heavy atom. The third kappa shape index (κ3) is 5.80. The van der Waals surface area contributed by atoms with Gasteiger partial charge in [0.05, 0.1) is 17.9 Å². The van der Waals surface area contributed by atoms with E-state index in [0.717, 1.165) is 29.1 Å². The number of nitrogens with zero attached hydrogens (tertiary/aromatic N) is 2. The lowest BCUT2D eigenvalue weighted by atomic mass is 9.95. The molecular formula is C26H30N4O3. The Morgan fingerprint density at radius 2 is 1.76 bits per heavy atom. The summed E-state index contributed by atoms with van der Waals surface area (Å²) >= 11 is 0. The molecule has 1 aliphatic rings. The van der Waals surface area contributed by atoms with E-state index in [1.54, 1.807) is 11.1 Å². The van der Waals surface area contributed by atoms with Crippen LogP contribution < -0.4 is 5.32 Å². The van der Waals surface area contributed by atoms with Crippen LogP contribution in [0.3, 0.4) is 0 Å². The van der Waals surface area contributed by atoms with Crippen molar-refractivity contribution in [1.29, 1.82) is 0 Å². The molecule has 1 aliphatic heterocycles. The smallest absolute Gasteiger partial charge is 0.410 e. The molecule has 0 radical (unpaired) electrons. The van der Waals surface area contributed by atoms with Gasteiger partial charge >= 0.3 is 6.09 Å². The first kappa shape index (κ1) is 22.6. The van der Waals surface area contributed by atoms with Gasteiger partial charge in [0, 0.05) is 19.0 Å². The van der Waals surface area contributed by atoms with Gasteiger partial charge in [-0.2, -0.15) is 0 Å². The summed E-state index contributed by atoms with van der Waals surface area (Å²) in [5.74, 6) is 0.643. The highest BCUT2D eigenvalue weighted by atomic mass is 16.6. The van der Waals surface area contributed by atoms with Crippen LogP contribution in [0.4, 0.5) is 4.79 Å². The van der Waals surface area contributed by atoms with Crippen LogP contribution in [0, 0.1) is 5.92 Å². The normalized spacial score (nSPS) is 15.1. The van der Waals surface area contributed by atoms with Crippen LogP contribution in [0.25, 0.3) is 11.3 Å². The lowest BCUT2D eigenvalue weighted by Gasteiger charge is -2.31. The minimum absolute atomic E-state index is 0.0109. The molecule has 2 heterocycles. The molecule has 0 aliphatic carbocycles. The van der Waals surface area contributed by atoms with E-state index in [0.29, 0.717) is 25.9 Å². The molecular weight excluding hydrogens is 416 g/mol. The fourth-order valence-electron chi connectivity index (χ4n) is 4.07. The van der Waals surface area contributed by atoms with Crippen molar-refractivity contribution in [3.63, 3.8) is 0 Å². The Hall–Kier alpha value is -3.61. The van der Waals surface area contributed by atoms with Gasteiger partial charge in [0.15, 0.2) is 0 Å². The highest BCUT2D eigenvalue weighted by Gasteiger charge is 2.29. The third-order valence-corrected chi connectivity index (χ3v) is 6.06. The summed E-state index contributed by atoms with van der Waals surface area (Å²) in [6.07, 6.45) is 3.46. The third-order valence-electron chi connectivity index (χ3n) is 6.06. The number of likely N-dealkylation sites (tertiary alicyclic amines) is 1. The first-order valence-electron chi connectivity index (χ1n) is 11.5. The van der Waals surface area contributed by atoms with Gasteiger partial charge in [-0.3, -0.25) is 4.79 Å². The molecule has 1 aromatic heterocycles. The molecule has 0 saturated carbocycles. The number of aromatic amines is 1. The number of carbonyl (C=O) groups is 2. The largest absolute Gasteiger partial charge is 0.445 e. The van der Waals surface area contributed by atoms with Gasteiger partial charge in [-0.15, -0.1) is 0 Å². The summed E-state index contributed by atoms with van der Waals surface area (Å²) in [6, 6.07) is 19.4. The summed E-state index contributed by atoms with van der Waals surface area (Å²) in [7, 11) is 0. The maximum Gasteiger partial charge on any atom is 0.410 e. The number of piperidine rings is 1. The molecule has 2 aromatic carbocycles. The number of hydrogen-bond acceptors (Lipinski definition) is 4. The zero-order valence-electron chi connectivity index (χ0n) is 18.9. The predicted octanol–water partition coefficient (Wildman–Crippen LogP) is 4.69. The van der Waals surface area contributed by atoms with Gasteiger partial charge < -0.3 is 19.9 Å². The number of imidazole rings is 1. The van der Waals surface area contributed by atoms with Crippen molar-refractivity contribution < 1.29 is 14.3 Å². The van der Waals surface area contributed by atoms with Crippen molar-refractivity contribution in [2.24, 2.45) is 5.92 Å². The monoisotopic (exact) mass is 446 g/mol. The second-order valence-electron chi connectivity index (χ2n) is 8.32. The summed E-state index contributed by atoms with van der Waals surface area (Å²) < 4.78 is 5.42. The SMILES string of the molecule is CCC(NC(=O)C1CCN(C(=O)OCc2ccccc2)CC1)c1ncc(-c2ccccc2)[nH]1. The average molecular weight is 447 g/mol. The van der Waals surface area contributed by atoms with Gasteiger partial charge in [0.1, 0.15) is 12.4 Å². The fraction of sp³-hybridized carbons (Fsp3) is 0.346. The highest BCUT2D eigenvalue weighted by molar-refractivity contribution is 5.79. The summed E-state index contributed by atoms with van der Waals surface area (Å²) in [5.41, 5.74) is 2.95. The molecule has 1 fully saturated rings. The number of H-pyrrole nitrogens is 1. The van der Waals surface area contributed by atoms with E-state index >= 15 is 0 Å². The zero-order valence-corrected chi connectivity index (χ0v) is 18.9. The fourth-order valence-corrected chi connectivity index (χ4v) is 4.07. The number of hydrogen-bond donors (Lipinski definition) is 2. The first-order valence-corrected chi connectivity index (χ1v) is 11.5. The molecule has 1 saturated heterocycles. The highest BCUT2D eigenvalue weighted by Crippen LogP contribution is 2.23. The van der Waals surface area contributed by atoms with Crippen LogP contribution in [-0.2, 0) is 16.1 Å². The molecule has 7 nitrogen and oxygen atoms in total. The zero-order chi connectivity index (χ0) is 23.0. The van der Waals surface area contributed by atoms with Gasteiger partial charge in [-0.05, 0) is 30.4 Å². The van der Waals surface area contributed by atoms with E-state index in [4.69, 9.17) is 4.74 Å².